The van der Waals surface area contributed by atoms with Gasteiger partial charge >= 0.3 is 6.03 Å². The van der Waals surface area contributed by atoms with Crippen molar-refractivity contribution < 1.29 is 23.9 Å². The smallest absolute Gasteiger partial charge is 0.314 e. The Balaban J connectivity index is 1.46. The van der Waals surface area contributed by atoms with Gasteiger partial charge in [0, 0.05) is 39.3 Å². The molecule has 0 radical (unpaired) electrons. The summed E-state index contributed by atoms with van der Waals surface area (Å²) >= 11 is 0. The van der Waals surface area contributed by atoms with Crippen molar-refractivity contribution in [1.82, 2.24) is 14.7 Å². The van der Waals surface area contributed by atoms with Crippen LogP contribution in [0.4, 0.5) is 4.79 Å². The number of primary amides is 1. The van der Waals surface area contributed by atoms with Gasteiger partial charge in [-0.2, -0.15) is 0 Å². The molecule has 4 heterocycles. The molecule has 0 aromatic carbocycles. The highest BCUT2D eigenvalue weighted by Gasteiger charge is 2.67. The molecule has 148 valence electrons. The van der Waals surface area contributed by atoms with E-state index in [9.17, 15) is 14.4 Å². The molecule has 0 aromatic rings. The van der Waals surface area contributed by atoms with Crippen LogP contribution in [0.1, 0.15) is 6.92 Å². The zero-order valence-electron chi connectivity index (χ0n) is 15.5. The summed E-state index contributed by atoms with van der Waals surface area (Å²) < 4.78 is 11.5. The molecule has 4 amide bonds. The summed E-state index contributed by atoms with van der Waals surface area (Å²) in [7, 11) is 0. The summed E-state index contributed by atoms with van der Waals surface area (Å²) in [4.78, 5) is 42.5. The predicted molar refractivity (Wildman–Crippen MR) is 94.5 cm³/mol. The van der Waals surface area contributed by atoms with Gasteiger partial charge in [0.1, 0.15) is 5.60 Å². The van der Waals surface area contributed by atoms with Gasteiger partial charge in [0.25, 0.3) is 0 Å². The van der Waals surface area contributed by atoms with Crippen LogP contribution in [0.5, 0.6) is 0 Å². The highest BCUT2D eigenvalue weighted by molar-refractivity contribution is 5.93. The second-order valence-electron chi connectivity index (χ2n) is 7.51. The van der Waals surface area contributed by atoms with Crippen molar-refractivity contribution in [2.24, 2.45) is 17.6 Å². The molecule has 2 bridgehead atoms. The first kappa shape index (κ1) is 18.2. The van der Waals surface area contributed by atoms with E-state index in [2.05, 4.69) is 0 Å². The van der Waals surface area contributed by atoms with Crippen LogP contribution >= 0.6 is 0 Å². The van der Waals surface area contributed by atoms with E-state index in [1.54, 1.807) is 9.80 Å². The molecule has 2 N–H and O–H groups in total. The Kier molecular flexibility index (Phi) is 4.59. The number of piperazine rings is 1. The Morgan fingerprint density at radius 1 is 1.30 bits per heavy atom. The lowest BCUT2D eigenvalue weighted by atomic mass is 9.76. The third-order valence-electron chi connectivity index (χ3n) is 6.08. The number of nitrogens with two attached hydrogens (primary N) is 1. The molecule has 9 nitrogen and oxygen atoms in total. The van der Waals surface area contributed by atoms with Crippen molar-refractivity contribution in [3.8, 4) is 0 Å². The molecular weight excluding hydrogens is 352 g/mol. The fraction of sp³-hybridized carbons (Fsp3) is 0.722. The Labute approximate surface area is 158 Å². The molecule has 9 heteroatoms. The summed E-state index contributed by atoms with van der Waals surface area (Å²) in [5, 5.41) is 0. The Bertz CT molecular complexity index is 675. The minimum absolute atomic E-state index is 0.0318. The fourth-order valence-corrected chi connectivity index (χ4v) is 4.73. The van der Waals surface area contributed by atoms with Crippen LogP contribution < -0.4 is 5.73 Å². The maximum absolute atomic E-state index is 13.2. The van der Waals surface area contributed by atoms with Crippen LogP contribution in [0.25, 0.3) is 0 Å². The Morgan fingerprint density at radius 2 is 2.00 bits per heavy atom. The SMILES string of the molecule is CCOCCN1C[C@]23C=C[C@H](O2)[C@H](C(=O)N2CCN(C(N)=O)CC2)[C@@H]3C1=O. The zero-order valence-corrected chi connectivity index (χ0v) is 15.5. The molecule has 0 saturated carbocycles. The number of carbonyl (C=O) groups is 3. The second kappa shape index (κ2) is 6.79. The van der Waals surface area contributed by atoms with Crippen LogP contribution in [-0.4, -0.2) is 96.7 Å². The van der Waals surface area contributed by atoms with Crippen LogP contribution in [0, 0.1) is 11.8 Å². The van der Waals surface area contributed by atoms with Crippen molar-refractivity contribution >= 4 is 17.8 Å². The van der Waals surface area contributed by atoms with Gasteiger partial charge in [-0.3, -0.25) is 9.59 Å². The number of rotatable bonds is 5. The summed E-state index contributed by atoms with van der Waals surface area (Å²) in [5.74, 6) is -1.08. The number of nitrogens with zero attached hydrogens (tertiary/aromatic N) is 3. The van der Waals surface area contributed by atoms with Crippen molar-refractivity contribution in [2.75, 3.05) is 52.5 Å². The minimum atomic E-state index is -0.691. The van der Waals surface area contributed by atoms with E-state index < -0.39 is 23.5 Å². The molecule has 4 rings (SSSR count). The maximum Gasteiger partial charge on any atom is 0.314 e. The molecule has 0 unspecified atom stereocenters. The average Bonchev–Trinajstić information content (AvgIpc) is 3.30. The number of likely N-dealkylation sites (tertiary alicyclic amines) is 1. The quantitative estimate of drug-likeness (QED) is 0.489. The Morgan fingerprint density at radius 3 is 2.67 bits per heavy atom. The van der Waals surface area contributed by atoms with Crippen molar-refractivity contribution in [2.45, 2.75) is 18.6 Å². The molecular formula is C18H26N4O5. The fourth-order valence-electron chi connectivity index (χ4n) is 4.73. The van der Waals surface area contributed by atoms with E-state index in [0.29, 0.717) is 52.5 Å². The van der Waals surface area contributed by atoms with Crippen LogP contribution in [0.15, 0.2) is 12.2 Å². The van der Waals surface area contributed by atoms with E-state index >= 15 is 0 Å². The first-order chi connectivity index (χ1) is 13.0. The monoisotopic (exact) mass is 378 g/mol. The van der Waals surface area contributed by atoms with Gasteiger partial charge in [0.05, 0.1) is 31.1 Å². The van der Waals surface area contributed by atoms with Crippen molar-refractivity contribution in [3.05, 3.63) is 12.2 Å². The molecule has 27 heavy (non-hydrogen) atoms. The molecule has 4 atom stereocenters. The third-order valence-corrected chi connectivity index (χ3v) is 6.08. The van der Waals surface area contributed by atoms with E-state index in [1.807, 2.05) is 19.1 Å². The van der Waals surface area contributed by atoms with E-state index in [-0.39, 0.29) is 17.9 Å². The predicted octanol–water partition coefficient (Wildman–Crippen LogP) is -0.972. The van der Waals surface area contributed by atoms with Gasteiger partial charge in [-0.05, 0) is 6.92 Å². The first-order valence-electron chi connectivity index (χ1n) is 9.54. The highest BCUT2D eigenvalue weighted by atomic mass is 16.5. The zero-order chi connectivity index (χ0) is 19.2. The van der Waals surface area contributed by atoms with Gasteiger partial charge < -0.3 is 29.9 Å². The first-order valence-corrected chi connectivity index (χ1v) is 9.54. The number of urea groups is 1. The molecule has 3 saturated heterocycles. The molecule has 4 aliphatic rings. The van der Waals surface area contributed by atoms with Gasteiger partial charge in [-0.15, -0.1) is 0 Å². The second-order valence-corrected chi connectivity index (χ2v) is 7.51. The van der Waals surface area contributed by atoms with E-state index in [0.717, 1.165) is 0 Å². The summed E-state index contributed by atoms with van der Waals surface area (Å²) in [6.07, 6.45) is 3.52. The van der Waals surface area contributed by atoms with E-state index in [1.165, 1.54) is 4.90 Å². The number of amides is 4. The number of hydrogen-bond acceptors (Lipinski definition) is 5. The maximum atomic E-state index is 13.2. The number of carbonyl (C=O) groups excluding carboxylic acids is 3. The standard InChI is InChI=1S/C18H26N4O5/c1-2-26-10-9-22-11-18-4-3-12(27-18)13(14(18)16(22)24)15(23)20-5-7-21(8-6-20)17(19)25/h3-4,12-14H,2,5-11H2,1H3,(H2,19,25)/t12-,13-,14+,18-/m0/s1. The lowest BCUT2D eigenvalue weighted by Crippen LogP contribution is -2.55. The summed E-state index contributed by atoms with van der Waals surface area (Å²) in [6, 6.07) is -0.469. The van der Waals surface area contributed by atoms with Crippen molar-refractivity contribution in [3.63, 3.8) is 0 Å². The van der Waals surface area contributed by atoms with Gasteiger partial charge in [-0.25, -0.2) is 4.79 Å². The minimum Gasteiger partial charge on any atom is -0.380 e. The molecule has 1 spiro atoms. The largest absolute Gasteiger partial charge is 0.380 e. The average molecular weight is 378 g/mol. The topological polar surface area (TPSA) is 105 Å². The van der Waals surface area contributed by atoms with Gasteiger partial charge in [0.2, 0.25) is 11.8 Å². The highest BCUT2D eigenvalue weighted by Crippen LogP contribution is 2.52. The molecule has 0 aromatic heterocycles. The number of hydrogen-bond donors (Lipinski definition) is 1. The van der Waals surface area contributed by atoms with Gasteiger partial charge in [-0.1, -0.05) is 12.2 Å². The number of ether oxygens (including phenoxy) is 2. The molecule has 4 aliphatic heterocycles. The van der Waals surface area contributed by atoms with Gasteiger partial charge in [0.15, 0.2) is 0 Å². The molecule has 0 aliphatic carbocycles. The summed E-state index contributed by atoms with van der Waals surface area (Å²) in [6.45, 7) is 5.66. The van der Waals surface area contributed by atoms with Crippen molar-refractivity contribution in [1.29, 1.82) is 0 Å². The lowest BCUT2D eigenvalue weighted by Gasteiger charge is -2.36. The summed E-state index contributed by atoms with van der Waals surface area (Å²) in [5.41, 5.74) is 4.62. The third kappa shape index (κ3) is 2.89. The normalized spacial score (nSPS) is 34.5. The Hall–Kier alpha value is -2.13. The van der Waals surface area contributed by atoms with E-state index in [4.69, 9.17) is 15.2 Å². The van der Waals surface area contributed by atoms with Crippen LogP contribution in [0.2, 0.25) is 0 Å². The lowest BCUT2D eigenvalue weighted by molar-refractivity contribution is -0.144. The number of fused-ring (bicyclic) bond motifs is 1. The van der Waals surface area contributed by atoms with Crippen LogP contribution in [-0.2, 0) is 19.1 Å². The molecule has 3 fully saturated rings. The van der Waals surface area contributed by atoms with Crippen LogP contribution in [0.3, 0.4) is 0 Å².